The Morgan fingerprint density at radius 2 is 2.56 bits per heavy atom. The molecule has 1 aliphatic rings. The van der Waals surface area contributed by atoms with Crippen LogP contribution in [0.5, 0.6) is 0 Å². The molecule has 0 spiro atoms. The molecule has 0 aliphatic carbocycles. The first-order chi connectivity index (χ1) is 8.75. The number of ether oxygens (including phenoxy) is 1. The van der Waals surface area contributed by atoms with Crippen molar-refractivity contribution in [1.82, 2.24) is 20.4 Å². The molecule has 1 saturated heterocycles. The van der Waals surface area contributed by atoms with Crippen LogP contribution in [0.25, 0.3) is 0 Å². The first-order valence-electron chi connectivity index (χ1n) is 6.77. The number of hydrogen-bond acceptors (Lipinski definition) is 4. The zero-order chi connectivity index (χ0) is 12.8. The molecular weight excluding hydrogens is 228 g/mol. The highest BCUT2D eigenvalue weighted by molar-refractivity contribution is 5.00. The van der Waals surface area contributed by atoms with E-state index in [2.05, 4.69) is 28.7 Å². The van der Waals surface area contributed by atoms with Crippen LogP contribution < -0.4 is 10.6 Å². The number of hydrogen-bond donors (Lipinski definition) is 2. The van der Waals surface area contributed by atoms with Crippen molar-refractivity contribution in [2.45, 2.75) is 31.8 Å². The predicted molar refractivity (Wildman–Crippen MR) is 71.6 cm³/mol. The van der Waals surface area contributed by atoms with E-state index in [9.17, 15) is 0 Å². The molecule has 1 aromatic heterocycles. The zero-order valence-electron chi connectivity index (χ0n) is 11.4. The summed E-state index contributed by atoms with van der Waals surface area (Å²) < 4.78 is 7.39. The molecule has 2 N–H and O–H groups in total. The molecule has 2 unspecified atom stereocenters. The third-order valence-corrected chi connectivity index (χ3v) is 3.43. The Labute approximate surface area is 109 Å². The molecule has 1 aliphatic heterocycles. The Balaban J connectivity index is 1.62. The number of rotatable bonds is 6. The Kier molecular flexibility index (Phi) is 5.16. The van der Waals surface area contributed by atoms with E-state index in [1.807, 2.05) is 17.9 Å². The van der Waals surface area contributed by atoms with Gasteiger partial charge in [-0.3, -0.25) is 4.68 Å². The first kappa shape index (κ1) is 13.5. The third-order valence-electron chi connectivity index (χ3n) is 3.43. The van der Waals surface area contributed by atoms with Crippen LogP contribution in [0.4, 0.5) is 0 Å². The van der Waals surface area contributed by atoms with Gasteiger partial charge in [-0.05, 0) is 19.4 Å². The van der Waals surface area contributed by atoms with Crippen molar-refractivity contribution >= 4 is 0 Å². The highest BCUT2D eigenvalue weighted by Gasteiger charge is 2.15. The fourth-order valence-corrected chi connectivity index (χ4v) is 2.37. The highest BCUT2D eigenvalue weighted by Crippen LogP contribution is 2.03. The predicted octanol–water partition coefficient (Wildman–Crippen LogP) is 0.319. The zero-order valence-corrected chi connectivity index (χ0v) is 11.4. The maximum absolute atomic E-state index is 5.46. The molecule has 102 valence electrons. The van der Waals surface area contributed by atoms with Gasteiger partial charge in [-0.2, -0.15) is 5.10 Å². The third kappa shape index (κ3) is 4.08. The van der Waals surface area contributed by atoms with Crippen LogP contribution in [0, 0.1) is 0 Å². The van der Waals surface area contributed by atoms with E-state index < -0.39 is 0 Å². The minimum Gasteiger partial charge on any atom is -0.379 e. The summed E-state index contributed by atoms with van der Waals surface area (Å²) in [5.74, 6) is 0. The van der Waals surface area contributed by atoms with Crippen molar-refractivity contribution in [3.8, 4) is 0 Å². The minimum absolute atomic E-state index is 0.498. The van der Waals surface area contributed by atoms with Crippen LogP contribution in [0.3, 0.4) is 0 Å². The second kappa shape index (κ2) is 6.87. The van der Waals surface area contributed by atoms with Crippen LogP contribution in [0.1, 0.15) is 19.0 Å². The maximum atomic E-state index is 5.46. The lowest BCUT2D eigenvalue weighted by atomic mass is 10.1. The number of nitrogens with zero attached hydrogens (tertiary/aromatic N) is 2. The fraction of sp³-hybridized carbons (Fsp3) is 0.769. The Hall–Kier alpha value is -0.910. The van der Waals surface area contributed by atoms with E-state index in [1.165, 1.54) is 5.69 Å². The van der Waals surface area contributed by atoms with E-state index in [-0.39, 0.29) is 0 Å². The van der Waals surface area contributed by atoms with Crippen LogP contribution in [-0.4, -0.2) is 48.2 Å². The number of morpholine rings is 1. The number of aryl methyl sites for hydroxylation is 1. The molecule has 1 aromatic rings. The van der Waals surface area contributed by atoms with Crippen LogP contribution in [-0.2, 0) is 18.2 Å². The van der Waals surface area contributed by atoms with Crippen LogP contribution >= 0.6 is 0 Å². The normalized spacial score (nSPS) is 22.0. The molecule has 0 aromatic carbocycles. The van der Waals surface area contributed by atoms with Gasteiger partial charge in [0.1, 0.15) is 0 Å². The monoisotopic (exact) mass is 252 g/mol. The van der Waals surface area contributed by atoms with Gasteiger partial charge in [-0.25, -0.2) is 0 Å². The molecule has 0 bridgehead atoms. The van der Waals surface area contributed by atoms with E-state index in [0.717, 1.165) is 39.1 Å². The average Bonchev–Trinajstić information content (AvgIpc) is 2.76. The minimum atomic E-state index is 0.498. The lowest BCUT2D eigenvalue weighted by molar-refractivity contribution is 0.0713. The molecule has 2 rings (SSSR count). The average molecular weight is 252 g/mol. The van der Waals surface area contributed by atoms with E-state index in [4.69, 9.17) is 4.74 Å². The lowest BCUT2D eigenvalue weighted by Crippen LogP contribution is -2.45. The highest BCUT2D eigenvalue weighted by atomic mass is 16.5. The van der Waals surface area contributed by atoms with Crippen molar-refractivity contribution in [2.75, 3.05) is 26.3 Å². The topological polar surface area (TPSA) is 51.1 Å². The summed E-state index contributed by atoms with van der Waals surface area (Å²) in [6.07, 6.45) is 3.99. The van der Waals surface area contributed by atoms with Crippen molar-refractivity contribution < 1.29 is 4.74 Å². The summed E-state index contributed by atoms with van der Waals surface area (Å²) in [4.78, 5) is 0. The summed E-state index contributed by atoms with van der Waals surface area (Å²) >= 11 is 0. The summed E-state index contributed by atoms with van der Waals surface area (Å²) in [6.45, 7) is 5.90. The Bertz CT molecular complexity index is 347. The smallest absolute Gasteiger partial charge is 0.0620 e. The fourth-order valence-electron chi connectivity index (χ4n) is 2.37. The molecule has 0 amide bonds. The van der Waals surface area contributed by atoms with Crippen LogP contribution in [0.2, 0.25) is 0 Å². The summed E-state index contributed by atoms with van der Waals surface area (Å²) in [6, 6.07) is 3.08. The first-order valence-corrected chi connectivity index (χ1v) is 6.77. The number of nitrogens with one attached hydrogen (secondary N) is 2. The summed E-state index contributed by atoms with van der Waals surface area (Å²) in [7, 11) is 1.99. The maximum Gasteiger partial charge on any atom is 0.0620 e. The standard InChI is InChI=1S/C13H24N4O/c1-11(9-12-10-18-8-7-15-12)14-5-3-13-4-6-16-17(13)2/h4,6,11-12,14-15H,3,5,7-10H2,1-2H3. The largest absolute Gasteiger partial charge is 0.379 e. The van der Waals surface area contributed by atoms with Gasteiger partial charge in [0.15, 0.2) is 0 Å². The molecule has 0 saturated carbocycles. The van der Waals surface area contributed by atoms with Gasteiger partial charge in [0.2, 0.25) is 0 Å². The Morgan fingerprint density at radius 3 is 3.22 bits per heavy atom. The van der Waals surface area contributed by atoms with Gasteiger partial charge in [0, 0.05) is 50.5 Å². The molecule has 1 fully saturated rings. The second-order valence-electron chi connectivity index (χ2n) is 5.01. The van der Waals surface area contributed by atoms with E-state index in [1.54, 1.807) is 0 Å². The van der Waals surface area contributed by atoms with Gasteiger partial charge in [-0.1, -0.05) is 0 Å². The Morgan fingerprint density at radius 1 is 1.67 bits per heavy atom. The molecule has 2 atom stereocenters. The quantitative estimate of drug-likeness (QED) is 0.765. The van der Waals surface area contributed by atoms with Crippen LogP contribution in [0.15, 0.2) is 12.3 Å². The van der Waals surface area contributed by atoms with Gasteiger partial charge < -0.3 is 15.4 Å². The number of aromatic nitrogens is 2. The van der Waals surface area contributed by atoms with Crippen molar-refractivity contribution in [3.05, 3.63) is 18.0 Å². The van der Waals surface area contributed by atoms with E-state index >= 15 is 0 Å². The van der Waals surface area contributed by atoms with Crippen molar-refractivity contribution in [3.63, 3.8) is 0 Å². The molecule has 2 heterocycles. The molecule has 5 heteroatoms. The van der Waals surface area contributed by atoms with Gasteiger partial charge in [0.25, 0.3) is 0 Å². The van der Waals surface area contributed by atoms with Gasteiger partial charge in [0.05, 0.1) is 13.2 Å². The van der Waals surface area contributed by atoms with Gasteiger partial charge in [-0.15, -0.1) is 0 Å². The van der Waals surface area contributed by atoms with Crippen molar-refractivity contribution in [1.29, 1.82) is 0 Å². The van der Waals surface area contributed by atoms with E-state index in [0.29, 0.717) is 12.1 Å². The van der Waals surface area contributed by atoms with Crippen molar-refractivity contribution in [2.24, 2.45) is 7.05 Å². The lowest BCUT2D eigenvalue weighted by Gasteiger charge is -2.26. The molecular formula is C13H24N4O. The molecule has 0 radical (unpaired) electrons. The second-order valence-corrected chi connectivity index (χ2v) is 5.01. The van der Waals surface area contributed by atoms with Gasteiger partial charge >= 0.3 is 0 Å². The summed E-state index contributed by atoms with van der Waals surface area (Å²) in [5, 5.41) is 11.2. The SMILES string of the molecule is CC(CC1COCCN1)NCCc1ccnn1C. The molecule has 18 heavy (non-hydrogen) atoms. The molecule has 5 nitrogen and oxygen atoms in total. The summed E-state index contributed by atoms with van der Waals surface area (Å²) in [5.41, 5.74) is 1.27.